The molecule has 2 amide bonds. The average Bonchev–Trinajstić information content (AvgIpc) is 3.31. The van der Waals surface area contributed by atoms with Crippen molar-refractivity contribution in [1.29, 1.82) is 0 Å². The Kier molecular flexibility index (Phi) is 5.18. The smallest absolute Gasteiger partial charge is 0.261 e. The zero-order valence-corrected chi connectivity index (χ0v) is 18.4. The third kappa shape index (κ3) is 3.35. The predicted molar refractivity (Wildman–Crippen MR) is 124 cm³/mol. The first-order valence-electron chi connectivity index (χ1n) is 10.8. The van der Waals surface area contributed by atoms with Gasteiger partial charge in [-0.25, -0.2) is 0 Å². The van der Waals surface area contributed by atoms with Crippen molar-refractivity contribution in [3.63, 3.8) is 0 Å². The molecule has 1 fully saturated rings. The number of carbonyl (C=O) groups excluding carboxylic acids is 3. The lowest BCUT2D eigenvalue weighted by atomic mass is 9.87. The maximum Gasteiger partial charge on any atom is 0.261 e. The lowest BCUT2D eigenvalue weighted by Gasteiger charge is -2.27. The van der Waals surface area contributed by atoms with Crippen molar-refractivity contribution in [2.45, 2.75) is 25.8 Å². The van der Waals surface area contributed by atoms with E-state index < -0.39 is 0 Å². The van der Waals surface area contributed by atoms with E-state index in [2.05, 4.69) is 0 Å². The van der Waals surface area contributed by atoms with Gasteiger partial charge in [-0.3, -0.25) is 19.3 Å². The van der Waals surface area contributed by atoms with Gasteiger partial charge in [-0.05, 0) is 54.2 Å². The highest BCUT2D eigenvalue weighted by atomic mass is 35.5. The maximum atomic E-state index is 13.3. The number of amides is 2. The predicted octanol–water partition coefficient (Wildman–Crippen LogP) is 5.90. The van der Waals surface area contributed by atoms with Gasteiger partial charge in [0.15, 0.2) is 5.78 Å². The number of halogens is 1. The molecule has 0 N–H and O–H groups in total. The minimum absolute atomic E-state index is 0.0688. The molecule has 0 bridgehead atoms. The molecule has 2 aliphatic rings. The molecule has 0 spiro atoms. The van der Waals surface area contributed by atoms with E-state index in [-0.39, 0.29) is 35.5 Å². The number of nitrogens with zero attached hydrogens (tertiary/aromatic N) is 1. The molecule has 3 atom stereocenters. The van der Waals surface area contributed by atoms with Crippen molar-refractivity contribution in [1.82, 2.24) is 4.90 Å². The Balaban J connectivity index is 1.33. The zero-order chi connectivity index (χ0) is 22.4. The second kappa shape index (κ2) is 8.03. The SMILES string of the molecule is C[C@H]1[C@@H](C(=O)c2ccc(-c3ccc(Cl)cc3)cc2)CC[C@H]1N1C(=O)c2ccccc2C1=O. The van der Waals surface area contributed by atoms with Crippen molar-refractivity contribution in [3.05, 3.63) is 94.5 Å². The van der Waals surface area contributed by atoms with E-state index in [0.29, 0.717) is 34.6 Å². The van der Waals surface area contributed by atoms with Crippen LogP contribution < -0.4 is 0 Å². The molecule has 3 aromatic rings. The Morgan fingerprint density at radius 1 is 0.812 bits per heavy atom. The molecule has 0 unspecified atom stereocenters. The first-order chi connectivity index (χ1) is 15.5. The monoisotopic (exact) mass is 443 g/mol. The molecule has 4 nitrogen and oxygen atoms in total. The minimum Gasteiger partial charge on any atom is -0.294 e. The Hall–Kier alpha value is -3.24. The van der Waals surface area contributed by atoms with Crippen molar-refractivity contribution in [2.24, 2.45) is 11.8 Å². The normalized spacial score (nSPS) is 22.3. The zero-order valence-electron chi connectivity index (χ0n) is 17.6. The minimum atomic E-state index is -0.260. The number of benzene rings is 3. The number of rotatable bonds is 4. The molecule has 0 saturated heterocycles. The molecule has 5 heteroatoms. The Morgan fingerprint density at radius 3 is 1.91 bits per heavy atom. The summed E-state index contributed by atoms with van der Waals surface area (Å²) in [5.74, 6) is -0.739. The highest BCUT2D eigenvalue weighted by molar-refractivity contribution is 6.30. The van der Waals surface area contributed by atoms with E-state index in [1.54, 1.807) is 24.3 Å². The van der Waals surface area contributed by atoms with Crippen LogP contribution in [0.25, 0.3) is 11.1 Å². The van der Waals surface area contributed by atoms with Gasteiger partial charge in [0.2, 0.25) is 0 Å². The number of hydrogen-bond donors (Lipinski definition) is 0. The first kappa shape index (κ1) is 20.7. The van der Waals surface area contributed by atoms with Crippen molar-refractivity contribution < 1.29 is 14.4 Å². The van der Waals surface area contributed by atoms with Crippen molar-refractivity contribution in [3.8, 4) is 11.1 Å². The number of hydrogen-bond acceptors (Lipinski definition) is 3. The Morgan fingerprint density at radius 2 is 1.34 bits per heavy atom. The quantitative estimate of drug-likeness (QED) is 0.372. The van der Waals surface area contributed by atoms with Gasteiger partial charge in [-0.15, -0.1) is 0 Å². The molecule has 1 heterocycles. The van der Waals surface area contributed by atoms with Crippen LogP contribution in [-0.4, -0.2) is 28.5 Å². The second-order valence-corrected chi connectivity index (χ2v) is 9.02. The van der Waals surface area contributed by atoms with Crippen LogP contribution in [0.5, 0.6) is 0 Å². The Labute approximate surface area is 191 Å². The third-order valence-corrected chi connectivity index (χ3v) is 7.11. The van der Waals surface area contributed by atoms with Crippen molar-refractivity contribution >= 4 is 29.2 Å². The number of fused-ring (bicyclic) bond motifs is 1. The van der Waals surface area contributed by atoms with Crippen LogP contribution in [0.3, 0.4) is 0 Å². The molecule has 3 aromatic carbocycles. The summed E-state index contributed by atoms with van der Waals surface area (Å²) in [6.07, 6.45) is 1.31. The lowest BCUT2D eigenvalue weighted by molar-refractivity contribution is 0.0535. The van der Waals surface area contributed by atoms with Gasteiger partial charge in [0.05, 0.1) is 11.1 Å². The summed E-state index contributed by atoms with van der Waals surface area (Å²) < 4.78 is 0. The van der Waals surface area contributed by atoms with Crippen LogP contribution in [0.15, 0.2) is 72.8 Å². The summed E-state index contributed by atoms with van der Waals surface area (Å²) in [6.45, 7) is 1.98. The largest absolute Gasteiger partial charge is 0.294 e. The summed E-state index contributed by atoms with van der Waals surface area (Å²) in [4.78, 5) is 40.4. The van der Waals surface area contributed by atoms with Crippen LogP contribution in [0.4, 0.5) is 0 Å². The highest BCUT2D eigenvalue weighted by Crippen LogP contribution is 2.40. The summed E-state index contributed by atoms with van der Waals surface area (Å²) in [6, 6.07) is 21.8. The van der Waals surface area contributed by atoms with Gasteiger partial charge in [0, 0.05) is 22.5 Å². The Bertz CT molecular complexity index is 1180. The summed E-state index contributed by atoms with van der Waals surface area (Å²) >= 11 is 5.97. The van der Waals surface area contributed by atoms with Crippen LogP contribution in [-0.2, 0) is 0 Å². The van der Waals surface area contributed by atoms with Crippen LogP contribution >= 0.6 is 11.6 Å². The number of Topliss-reactive ketones (excluding diaryl/α,β-unsaturated/α-hetero) is 1. The maximum absolute atomic E-state index is 13.3. The average molecular weight is 444 g/mol. The number of imide groups is 1. The van der Waals surface area contributed by atoms with Gasteiger partial charge in [0.25, 0.3) is 11.8 Å². The van der Waals surface area contributed by atoms with E-state index in [1.165, 1.54) is 4.90 Å². The molecule has 1 aliphatic carbocycles. The molecule has 1 saturated carbocycles. The van der Waals surface area contributed by atoms with E-state index in [9.17, 15) is 14.4 Å². The number of ketones is 1. The van der Waals surface area contributed by atoms with Gasteiger partial charge >= 0.3 is 0 Å². The topological polar surface area (TPSA) is 54.5 Å². The summed E-state index contributed by atoms with van der Waals surface area (Å²) in [5.41, 5.74) is 3.62. The van der Waals surface area contributed by atoms with Crippen molar-refractivity contribution in [2.75, 3.05) is 0 Å². The fourth-order valence-electron chi connectivity index (χ4n) is 5.07. The molecular formula is C27H22ClNO3. The number of carbonyl (C=O) groups is 3. The van der Waals surface area contributed by atoms with Crippen LogP contribution in [0.2, 0.25) is 5.02 Å². The van der Waals surface area contributed by atoms with E-state index in [4.69, 9.17) is 11.6 Å². The van der Waals surface area contributed by atoms with Gasteiger partial charge in [0.1, 0.15) is 0 Å². The molecule has 32 heavy (non-hydrogen) atoms. The standard InChI is InChI=1S/C27H22ClNO3/c1-16-21(14-15-24(16)29-26(31)22-4-2-3-5-23(22)27(29)32)25(30)19-8-6-17(7-9-19)18-10-12-20(28)13-11-18/h2-13,16,21,24H,14-15H2,1H3/t16-,21-,24+/m0/s1. The van der Waals surface area contributed by atoms with Crippen LogP contribution in [0.1, 0.15) is 50.8 Å². The van der Waals surface area contributed by atoms with E-state index >= 15 is 0 Å². The summed E-state index contributed by atoms with van der Waals surface area (Å²) in [7, 11) is 0. The second-order valence-electron chi connectivity index (χ2n) is 8.58. The molecule has 5 rings (SSSR count). The van der Waals surface area contributed by atoms with Gasteiger partial charge in [-0.1, -0.05) is 67.1 Å². The first-order valence-corrected chi connectivity index (χ1v) is 11.2. The highest BCUT2D eigenvalue weighted by Gasteiger charge is 2.47. The van der Waals surface area contributed by atoms with Gasteiger partial charge < -0.3 is 0 Å². The molecule has 0 radical (unpaired) electrons. The van der Waals surface area contributed by atoms with E-state index in [1.807, 2.05) is 55.5 Å². The fourth-order valence-corrected chi connectivity index (χ4v) is 5.20. The third-order valence-electron chi connectivity index (χ3n) is 6.86. The lowest BCUT2D eigenvalue weighted by Crippen LogP contribution is -2.42. The molecule has 0 aromatic heterocycles. The molecule has 160 valence electrons. The molecule has 1 aliphatic heterocycles. The summed E-state index contributed by atoms with van der Waals surface area (Å²) in [5, 5.41) is 0.684. The van der Waals surface area contributed by atoms with E-state index in [0.717, 1.165) is 11.1 Å². The molecular weight excluding hydrogens is 422 g/mol. The van der Waals surface area contributed by atoms with Gasteiger partial charge in [-0.2, -0.15) is 0 Å². The fraction of sp³-hybridized carbons (Fsp3) is 0.222. The van der Waals surface area contributed by atoms with Crippen LogP contribution in [0, 0.1) is 11.8 Å².